The van der Waals surface area contributed by atoms with Gasteiger partial charge in [0.1, 0.15) is 0 Å². The molecule has 0 radical (unpaired) electrons. The van der Waals surface area contributed by atoms with Gasteiger partial charge in [-0.25, -0.2) is 0 Å². The van der Waals surface area contributed by atoms with Crippen LogP contribution in [-0.4, -0.2) is 7.05 Å². The molecule has 0 aromatic heterocycles. The smallest absolute Gasteiger partial charge is 0.0467 e. The van der Waals surface area contributed by atoms with E-state index in [1.807, 2.05) is 6.07 Å². The Kier molecular flexibility index (Phi) is 6.92. The molecule has 0 spiro atoms. The maximum absolute atomic E-state index is 2.34. The molecule has 0 heterocycles. The van der Waals surface area contributed by atoms with E-state index in [1.165, 1.54) is 22.3 Å². The lowest BCUT2D eigenvalue weighted by Gasteiger charge is -2.27. The number of hydrogen-bond donors (Lipinski definition) is 0. The molecule has 0 N–H and O–H groups in total. The maximum Gasteiger partial charge on any atom is 0.0467 e. The molecule has 0 aliphatic rings. The third-order valence-electron chi connectivity index (χ3n) is 7.06. The van der Waals surface area contributed by atoms with Crippen LogP contribution in [-0.2, 0) is 0 Å². The Bertz CT molecular complexity index is 1560. The van der Waals surface area contributed by atoms with Gasteiger partial charge < -0.3 is 9.80 Å². The molecule has 188 valence electrons. The molecule has 2 nitrogen and oxygen atoms in total. The van der Waals surface area contributed by atoms with E-state index in [0.717, 1.165) is 28.4 Å². The van der Waals surface area contributed by atoms with E-state index in [2.05, 4.69) is 175 Å². The first-order valence-electron chi connectivity index (χ1n) is 13.3. The fourth-order valence-corrected chi connectivity index (χ4v) is 4.98. The largest absolute Gasteiger partial charge is 0.345 e. The summed E-state index contributed by atoms with van der Waals surface area (Å²) in [4.78, 5) is 4.55. The van der Waals surface area contributed by atoms with Crippen LogP contribution in [0.25, 0.3) is 22.3 Å². The first-order chi connectivity index (χ1) is 19.3. The maximum atomic E-state index is 2.34. The van der Waals surface area contributed by atoms with Gasteiger partial charge in [-0.05, 0) is 82.9 Å². The molecule has 0 atom stereocenters. The summed E-state index contributed by atoms with van der Waals surface area (Å²) in [7, 11) is 2.11. The number of nitrogens with zero attached hydrogens (tertiary/aromatic N) is 2. The zero-order valence-corrected chi connectivity index (χ0v) is 22.0. The van der Waals surface area contributed by atoms with Crippen LogP contribution in [0.3, 0.4) is 0 Å². The van der Waals surface area contributed by atoms with Gasteiger partial charge >= 0.3 is 0 Å². The van der Waals surface area contributed by atoms with Crippen molar-refractivity contribution in [2.75, 3.05) is 16.8 Å². The Hall–Kier alpha value is -5.08. The molecule has 0 aliphatic carbocycles. The van der Waals surface area contributed by atoms with Crippen molar-refractivity contribution in [2.45, 2.75) is 0 Å². The third kappa shape index (κ3) is 5.32. The molecular formula is C37H30N2. The van der Waals surface area contributed by atoms with Gasteiger partial charge in [0, 0.05) is 35.5 Å². The molecule has 0 aliphatic heterocycles. The average Bonchev–Trinajstić information content (AvgIpc) is 3.03. The highest BCUT2D eigenvalue weighted by molar-refractivity contribution is 5.83. The minimum Gasteiger partial charge on any atom is -0.345 e. The molecule has 0 saturated carbocycles. The van der Waals surface area contributed by atoms with Crippen LogP contribution < -0.4 is 9.80 Å². The average molecular weight is 503 g/mol. The molecule has 0 unspecified atom stereocenters. The van der Waals surface area contributed by atoms with E-state index in [1.54, 1.807) is 0 Å². The molecule has 6 aromatic rings. The van der Waals surface area contributed by atoms with Gasteiger partial charge in [-0.3, -0.25) is 0 Å². The highest BCUT2D eigenvalue weighted by Crippen LogP contribution is 2.39. The summed E-state index contributed by atoms with van der Waals surface area (Å²) in [5.74, 6) is 0. The second-order valence-corrected chi connectivity index (χ2v) is 9.58. The number of para-hydroxylation sites is 1. The fraction of sp³-hybridized carbons (Fsp3) is 0.0270. The van der Waals surface area contributed by atoms with Crippen LogP contribution in [0, 0.1) is 0 Å². The van der Waals surface area contributed by atoms with E-state index in [9.17, 15) is 0 Å². The second-order valence-electron chi connectivity index (χ2n) is 9.58. The van der Waals surface area contributed by atoms with Gasteiger partial charge in [0.15, 0.2) is 0 Å². The van der Waals surface area contributed by atoms with Crippen molar-refractivity contribution in [3.63, 3.8) is 0 Å². The van der Waals surface area contributed by atoms with Crippen LogP contribution in [0.15, 0.2) is 164 Å². The molecule has 0 saturated heterocycles. The molecule has 39 heavy (non-hydrogen) atoms. The minimum atomic E-state index is 1.11. The summed E-state index contributed by atoms with van der Waals surface area (Å²) < 4.78 is 0. The van der Waals surface area contributed by atoms with Crippen LogP contribution in [0.4, 0.5) is 28.4 Å². The van der Waals surface area contributed by atoms with Gasteiger partial charge in [0.05, 0.1) is 0 Å². The van der Waals surface area contributed by atoms with E-state index in [-0.39, 0.29) is 0 Å². The van der Waals surface area contributed by atoms with Gasteiger partial charge in [-0.2, -0.15) is 0 Å². The highest BCUT2D eigenvalue weighted by atomic mass is 15.1. The molecule has 6 rings (SSSR count). The summed E-state index contributed by atoms with van der Waals surface area (Å²) >= 11 is 0. The summed E-state index contributed by atoms with van der Waals surface area (Å²) in [6, 6.07) is 57.9. The van der Waals surface area contributed by atoms with E-state index < -0.39 is 0 Å². The second kappa shape index (κ2) is 11.1. The zero-order chi connectivity index (χ0) is 26.4. The van der Waals surface area contributed by atoms with Crippen molar-refractivity contribution >= 4 is 28.4 Å². The highest BCUT2D eigenvalue weighted by Gasteiger charge is 2.15. The Morgan fingerprint density at radius 3 is 1.15 bits per heavy atom. The van der Waals surface area contributed by atoms with Crippen molar-refractivity contribution in [2.24, 2.45) is 0 Å². The van der Waals surface area contributed by atoms with Gasteiger partial charge in [0.2, 0.25) is 0 Å². The van der Waals surface area contributed by atoms with E-state index in [4.69, 9.17) is 0 Å². The number of hydrogen-bond acceptors (Lipinski definition) is 2. The van der Waals surface area contributed by atoms with Crippen LogP contribution >= 0.6 is 0 Å². The van der Waals surface area contributed by atoms with Crippen LogP contribution in [0.1, 0.15) is 0 Å². The molecule has 0 fully saturated rings. The summed E-state index contributed by atoms with van der Waals surface area (Å²) in [5, 5.41) is 0. The molecule has 0 amide bonds. The van der Waals surface area contributed by atoms with Crippen molar-refractivity contribution in [1.29, 1.82) is 0 Å². The van der Waals surface area contributed by atoms with Gasteiger partial charge in [-0.15, -0.1) is 0 Å². The first-order valence-corrected chi connectivity index (χ1v) is 13.3. The van der Waals surface area contributed by atoms with Crippen molar-refractivity contribution in [1.82, 2.24) is 0 Å². The molecule has 6 aromatic carbocycles. The minimum absolute atomic E-state index is 1.11. The van der Waals surface area contributed by atoms with Gasteiger partial charge in [-0.1, -0.05) is 103 Å². The molecule has 2 heteroatoms. The summed E-state index contributed by atoms with van der Waals surface area (Å²) in [6.45, 7) is 0. The fourth-order valence-electron chi connectivity index (χ4n) is 4.98. The Morgan fingerprint density at radius 1 is 0.308 bits per heavy atom. The van der Waals surface area contributed by atoms with Crippen LogP contribution in [0.2, 0.25) is 0 Å². The molecular weight excluding hydrogens is 472 g/mol. The van der Waals surface area contributed by atoms with Crippen molar-refractivity contribution < 1.29 is 0 Å². The Labute approximate surface area is 231 Å². The monoisotopic (exact) mass is 502 g/mol. The number of anilines is 5. The standard InChI is InChI=1S/C37H30N2/c1-38(33-19-9-4-10-20-33)34-23-25-35(26-24-34)39(36-21-11-17-31(27-36)29-13-5-2-6-14-29)37-22-12-18-32(28-37)30-15-7-3-8-16-30/h2-28H,1H3. The lowest BCUT2D eigenvalue weighted by molar-refractivity contribution is 1.20. The van der Waals surface area contributed by atoms with Crippen molar-refractivity contribution in [3.8, 4) is 22.3 Å². The lowest BCUT2D eigenvalue weighted by Crippen LogP contribution is -2.12. The first kappa shape index (κ1) is 24.3. The van der Waals surface area contributed by atoms with E-state index in [0.29, 0.717) is 0 Å². The lowest BCUT2D eigenvalue weighted by atomic mass is 10.0. The Morgan fingerprint density at radius 2 is 0.667 bits per heavy atom. The topological polar surface area (TPSA) is 6.48 Å². The van der Waals surface area contributed by atoms with Gasteiger partial charge in [0.25, 0.3) is 0 Å². The summed E-state index contributed by atoms with van der Waals surface area (Å²) in [6.07, 6.45) is 0. The normalized spacial score (nSPS) is 10.7. The van der Waals surface area contributed by atoms with Crippen molar-refractivity contribution in [3.05, 3.63) is 164 Å². The zero-order valence-electron chi connectivity index (χ0n) is 22.0. The molecule has 0 bridgehead atoms. The van der Waals surface area contributed by atoms with Crippen LogP contribution in [0.5, 0.6) is 0 Å². The quantitative estimate of drug-likeness (QED) is 0.214. The number of benzene rings is 6. The van der Waals surface area contributed by atoms with E-state index >= 15 is 0 Å². The SMILES string of the molecule is CN(c1ccccc1)c1ccc(N(c2cccc(-c3ccccc3)c2)c2cccc(-c3ccccc3)c2)cc1. The summed E-state index contributed by atoms with van der Waals surface area (Å²) in [5.41, 5.74) is 10.4. The predicted molar refractivity (Wildman–Crippen MR) is 167 cm³/mol. The number of rotatable bonds is 7. The third-order valence-corrected chi connectivity index (χ3v) is 7.06. The predicted octanol–water partition coefficient (Wildman–Crippen LogP) is 10.3. The Balaban J connectivity index is 1.43.